The molecule has 3 heteroatoms. The maximum Gasteiger partial charge on any atom is 0.160 e. The van der Waals surface area contributed by atoms with Crippen molar-refractivity contribution in [2.45, 2.75) is 6.42 Å². The SMILES string of the molecule is O=C1C=C2C=CNOC2=CC1. The Hall–Kier alpha value is -1.51. The van der Waals surface area contributed by atoms with Crippen molar-refractivity contribution >= 4 is 5.78 Å². The lowest BCUT2D eigenvalue weighted by Crippen LogP contribution is -2.15. The number of fused-ring (bicyclic) bond motifs is 1. The minimum atomic E-state index is 0.124. The van der Waals surface area contributed by atoms with E-state index in [0.29, 0.717) is 6.42 Å². The molecule has 0 unspecified atom stereocenters. The number of carbonyl (C=O) groups is 1. The summed E-state index contributed by atoms with van der Waals surface area (Å²) in [7, 11) is 0. The Labute approximate surface area is 64.0 Å². The van der Waals surface area contributed by atoms with E-state index >= 15 is 0 Å². The van der Waals surface area contributed by atoms with E-state index in [0.717, 1.165) is 11.3 Å². The van der Waals surface area contributed by atoms with Crippen molar-refractivity contribution in [2.24, 2.45) is 0 Å². The highest BCUT2D eigenvalue weighted by Crippen LogP contribution is 2.20. The lowest BCUT2D eigenvalue weighted by Gasteiger charge is -2.16. The fraction of sp³-hybridized carbons (Fsp3) is 0.125. The summed E-state index contributed by atoms with van der Waals surface area (Å²) in [4.78, 5) is 15.9. The largest absolute Gasteiger partial charge is 0.382 e. The molecule has 1 aliphatic carbocycles. The van der Waals surface area contributed by atoms with Crippen molar-refractivity contribution in [2.75, 3.05) is 0 Å². The maximum absolute atomic E-state index is 10.9. The first-order valence-corrected chi connectivity index (χ1v) is 3.40. The van der Waals surface area contributed by atoms with Gasteiger partial charge in [0.2, 0.25) is 0 Å². The van der Waals surface area contributed by atoms with Gasteiger partial charge >= 0.3 is 0 Å². The quantitative estimate of drug-likeness (QED) is 0.554. The zero-order valence-electron chi connectivity index (χ0n) is 5.83. The van der Waals surface area contributed by atoms with Gasteiger partial charge in [0.1, 0.15) is 0 Å². The molecule has 0 aromatic rings. The standard InChI is InChI=1S/C8H7NO2/c10-7-1-2-8-6(5-7)3-4-9-11-8/h2-5,9H,1H2. The van der Waals surface area contributed by atoms with Crippen LogP contribution in [-0.4, -0.2) is 5.78 Å². The second-order valence-corrected chi connectivity index (χ2v) is 2.39. The molecule has 2 aliphatic rings. The molecule has 56 valence electrons. The third kappa shape index (κ3) is 1.05. The van der Waals surface area contributed by atoms with E-state index in [1.807, 2.05) is 6.08 Å². The molecule has 2 rings (SSSR count). The molecule has 0 spiro atoms. The minimum Gasteiger partial charge on any atom is -0.382 e. The van der Waals surface area contributed by atoms with Crippen molar-refractivity contribution in [3.8, 4) is 0 Å². The summed E-state index contributed by atoms with van der Waals surface area (Å²) in [5, 5.41) is 0. The van der Waals surface area contributed by atoms with Crippen LogP contribution in [0.4, 0.5) is 0 Å². The highest BCUT2D eigenvalue weighted by atomic mass is 16.6. The molecule has 0 saturated heterocycles. The first kappa shape index (κ1) is 6.22. The van der Waals surface area contributed by atoms with Gasteiger partial charge in [0.05, 0.1) is 0 Å². The van der Waals surface area contributed by atoms with Crippen LogP contribution >= 0.6 is 0 Å². The predicted octanol–water partition coefficient (Wildman–Crippen LogP) is 0.818. The number of hydroxylamine groups is 1. The lowest BCUT2D eigenvalue weighted by molar-refractivity contribution is -0.114. The van der Waals surface area contributed by atoms with E-state index in [1.165, 1.54) is 0 Å². The molecule has 3 nitrogen and oxygen atoms in total. The van der Waals surface area contributed by atoms with Crippen molar-refractivity contribution in [3.63, 3.8) is 0 Å². The summed E-state index contributed by atoms with van der Waals surface area (Å²) < 4.78 is 0. The second kappa shape index (κ2) is 2.27. The normalized spacial score (nSPS) is 20.9. The molecule has 1 N–H and O–H groups in total. The van der Waals surface area contributed by atoms with Gasteiger partial charge in [0.15, 0.2) is 11.5 Å². The number of ketones is 1. The predicted molar refractivity (Wildman–Crippen MR) is 39.2 cm³/mol. The average Bonchev–Trinajstić information content (AvgIpc) is 2.04. The molecule has 1 heterocycles. The molecule has 0 amide bonds. The number of hydrogen-bond donors (Lipinski definition) is 1. The summed E-state index contributed by atoms with van der Waals surface area (Å²) >= 11 is 0. The van der Waals surface area contributed by atoms with Gasteiger partial charge in [-0.25, -0.2) is 5.48 Å². The van der Waals surface area contributed by atoms with Gasteiger partial charge in [0, 0.05) is 18.2 Å². The Morgan fingerprint density at radius 1 is 1.55 bits per heavy atom. The third-order valence-corrected chi connectivity index (χ3v) is 1.59. The van der Waals surface area contributed by atoms with Crippen molar-refractivity contribution < 1.29 is 9.63 Å². The van der Waals surface area contributed by atoms with E-state index < -0.39 is 0 Å². The van der Waals surface area contributed by atoms with E-state index in [2.05, 4.69) is 5.48 Å². The first-order valence-electron chi connectivity index (χ1n) is 3.40. The van der Waals surface area contributed by atoms with Crippen molar-refractivity contribution in [3.05, 3.63) is 35.8 Å². The number of carbonyl (C=O) groups excluding carboxylic acids is 1. The van der Waals surface area contributed by atoms with Crippen molar-refractivity contribution in [1.29, 1.82) is 0 Å². The number of rotatable bonds is 0. The van der Waals surface area contributed by atoms with Gasteiger partial charge in [0.25, 0.3) is 0 Å². The van der Waals surface area contributed by atoms with Gasteiger partial charge in [-0.3, -0.25) is 4.79 Å². The molecule has 0 saturated carbocycles. The van der Waals surface area contributed by atoms with E-state index in [4.69, 9.17) is 4.84 Å². The zero-order chi connectivity index (χ0) is 7.68. The summed E-state index contributed by atoms with van der Waals surface area (Å²) in [6, 6.07) is 0. The van der Waals surface area contributed by atoms with Gasteiger partial charge in [-0.15, -0.1) is 0 Å². The molecule has 0 aromatic heterocycles. The van der Waals surface area contributed by atoms with Crippen LogP contribution in [0.1, 0.15) is 6.42 Å². The lowest BCUT2D eigenvalue weighted by atomic mass is 10.0. The summed E-state index contributed by atoms with van der Waals surface area (Å²) in [5.41, 5.74) is 3.45. The number of nitrogens with one attached hydrogen (secondary N) is 1. The fourth-order valence-corrected chi connectivity index (χ4v) is 1.07. The van der Waals surface area contributed by atoms with Gasteiger partial charge in [-0.05, 0) is 18.2 Å². The van der Waals surface area contributed by atoms with Crippen LogP contribution in [-0.2, 0) is 9.63 Å². The van der Waals surface area contributed by atoms with Crippen LogP contribution in [0.5, 0.6) is 0 Å². The van der Waals surface area contributed by atoms with Crippen LogP contribution in [0.15, 0.2) is 35.8 Å². The van der Waals surface area contributed by atoms with Crippen LogP contribution in [0, 0.1) is 0 Å². The van der Waals surface area contributed by atoms with Crippen LogP contribution in [0.2, 0.25) is 0 Å². The molecular formula is C8H7NO2. The van der Waals surface area contributed by atoms with Crippen LogP contribution in [0.3, 0.4) is 0 Å². The Kier molecular flexibility index (Phi) is 1.28. The number of allylic oxidation sites excluding steroid dienone is 3. The summed E-state index contributed by atoms with van der Waals surface area (Å²) in [6.45, 7) is 0. The molecule has 0 atom stereocenters. The minimum absolute atomic E-state index is 0.124. The van der Waals surface area contributed by atoms with Crippen molar-refractivity contribution in [1.82, 2.24) is 5.48 Å². The van der Waals surface area contributed by atoms with Crippen LogP contribution < -0.4 is 5.48 Å². The molecule has 0 fully saturated rings. The fourth-order valence-electron chi connectivity index (χ4n) is 1.07. The Morgan fingerprint density at radius 2 is 2.45 bits per heavy atom. The van der Waals surface area contributed by atoms with Gasteiger partial charge < -0.3 is 4.84 Å². The van der Waals surface area contributed by atoms with E-state index in [9.17, 15) is 4.79 Å². The molecule has 11 heavy (non-hydrogen) atoms. The Balaban J connectivity index is 2.38. The topological polar surface area (TPSA) is 38.3 Å². The third-order valence-electron chi connectivity index (χ3n) is 1.59. The van der Waals surface area contributed by atoms with E-state index in [1.54, 1.807) is 18.4 Å². The van der Waals surface area contributed by atoms with Gasteiger partial charge in [-0.2, -0.15) is 0 Å². The smallest absolute Gasteiger partial charge is 0.160 e. The zero-order valence-corrected chi connectivity index (χ0v) is 5.83. The molecule has 0 bridgehead atoms. The highest BCUT2D eigenvalue weighted by Gasteiger charge is 2.14. The second-order valence-electron chi connectivity index (χ2n) is 2.39. The highest BCUT2D eigenvalue weighted by molar-refractivity contribution is 5.94. The molecule has 0 radical (unpaired) electrons. The van der Waals surface area contributed by atoms with Crippen LogP contribution in [0.25, 0.3) is 0 Å². The molecular weight excluding hydrogens is 142 g/mol. The summed E-state index contributed by atoms with van der Waals surface area (Å²) in [6.07, 6.45) is 7.27. The maximum atomic E-state index is 10.9. The summed E-state index contributed by atoms with van der Waals surface area (Å²) in [5.74, 6) is 0.867. The Morgan fingerprint density at radius 3 is 3.36 bits per heavy atom. The molecule has 0 aromatic carbocycles. The number of hydrogen-bond acceptors (Lipinski definition) is 3. The monoisotopic (exact) mass is 149 g/mol. The average molecular weight is 149 g/mol. The Bertz CT molecular complexity index is 286. The van der Waals surface area contributed by atoms with Gasteiger partial charge in [-0.1, -0.05) is 0 Å². The first-order chi connectivity index (χ1) is 5.36. The molecule has 1 aliphatic heterocycles. The van der Waals surface area contributed by atoms with E-state index in [-0.39, 0.29) is 5.78 Å².